The number of piperidine rings is 1. The minimum Gasteiger partial charge on any atom is -0.298 e. The molecule has 132 valence electrons. The number of pyridine rings is 1. The van der Waals surface area contributed by atoms with Crippen molar-refractivity contribution in [2.75, 3.05) is 18.5 Å². The summed E-state index contributed by atoms with van der Waals surface area (Å²) in [6.45, 7) is 3.10. The van der Waals surface area contributed by atoms with E-state index < -0.39 is 0 Å². The highest BCUT2D eigenvalue weighted by Crippen LogP contribution is 2.24. The van der Waals surface area contributed by atoms with E-state index in [1.807, 2.05) is 24.3 Å². The summed E-state index contributed by atoms with van der Waals surface area (Å²) >= 11 is 6.05. The van der Waals surface area contributed by atoms with Gasteiger partial charge in [-0.2, -0.15) is 5.10 Å². The maximum Gasteiger partial charge on any atom is 0.0738 e. The number of hydrazone groups is 1. The zero-order chi connectivity index (χ0) is 17.8. The normalized spacial score (nSPS) is 15.2. The number of anilines is 1. The van der Waals surface area contributed by atoms with E-state index in [4.69, 9.17) is 11.6 Å². The summed E-state index contributed by atoms with van der Waals surface area (Å²) in [5.74, 6) is 0. The average Bonchev–Trinajstić information content (AvgIpc) is 2.68. The first kappa shape index (κ1) is 17.0. The second kappa shape index (κ2) is 7.85. The van der Waals surface area contributed by atoms with Gasteiger partial charge in [-0.3, -0.25) is 15.3 Å². The lowest BCUT2D eigenvalue weighted by Gasteiger charge is -2.27. The van der Waals surface area contributed by atoms with Crippen LogP contribution >= 0.6 is 11.6 Å². The molecule has 2 aromatic carbocycles. The van der Waals surface area contributed by atoms with Gasteiger partial charge in [0.15, 0.2) is 0 Å². The van der Waals surface area contributed by atoms with Crippen LogP contribution in [0.15, 0.2) is 65.9 Å². The van der Waals surface area contributed by atoms with Crippen molar-refractivity contribution in [3.05, 3.63) is 71.4 Å². The Bertz CT molecular complexity index is 914. The molecule has 0 radical (unpaired) electrons. The molecule has 2 heterocycles. The third-order valence-corrected chi connectivity index (χ3v) is 4.96. The minimum absolute atomic E-state index is 0.694. The summed E-state index contributed by atoms with van der Waals surface area (Å²) in [4.78, 5) is 6.85. The van der Waals surface area contributed by atoms with Gasteiger partial charge in [-0.1, -0.05) is 41.9 Å². The first-order valence-corrected chi connectivity index (χ1v) is 9.28. The molecule has 0 saturated carbocycles. The number of hydrogen-bond donors (Lipinski definition) is 1. The van der Waals surface area contributed by atoms with E-state index in [0.717, 1.165) is 49.1 Å². The Morgan fingerprint density at radius 2 is 1.85 bits per heavy atom. The lowest BCUT2D eigenvalue weighted by molar-refractivity contribution is 0.266. The topological polar surface area (TPSA) is 40.5 Å². The molecule has 5 heteroatoms. The van der Waals surface area contributed by atoms with Crippen LogP contribution in [0.1, 0.15) is 18.4 Å². The largest absolute Gasteiger partial charge is 0.298 e. The predicted octanol–water partition coefficient (Wildman–Crippen LogP) is 4.95. The van der Waals surface area contributed by atoms with Gasteiger partial charge < -0.3 is 0 Å². The third kappa shape index (κ3) is 4.03. The molecule has 0 bridgehead atoms. The van der Waals surface area contributed by atoms with Crippen molar-refractivity contribution in [1.82, 2.24) is 9.88 Å². The molecule has 1 aromatic heterocycles. The van der Waals surface area contributed by atoms with Crippen molar-refractivity contribution >= 4 is 33.9 Å². The quantitative estimate of drug-likeness (QED) is 0.666. The van der Waals surface area contributed by atoms with Gasteiger partial charge in [-0.05, 0) is 29.8 Å². The number of nitrogens with zero attached hydrogens (tertiary/aromatic N) is 3. The Hall–Kier alpha value is -2.43. The lowest BCUT2D eigenvalue weighted by atomic mass is 10.1. The van der Waals surface area contributed by atoms with E-state index in [2.05, 4.69) is 50.7 Å². The molecular weight excluding hydrogens is 344 g/mol. The van der Waals surface area contributed by atoms with Crippen LogP contribution in [0.25, 0.3) is 10.9 Å². The maximum atomic E-state index is 6.05. The number of benzene rings is 2. The average molecular weight is 365 g/mol. The number of fused-ring (bicyclic) bond motifs is 1. The highest BCUT2D eigenvalue weighted by Gasteiger charge is 2.15. The van der Waals surface area contributed by atoms with E-state index in [-0.39, 0.29) is 0 Å². The number of halogens is 1. The highest BCUT2D eigenvalue weighted by atomic mass is 35.5. The predicted molar refractivity (Wildman–Crippen MR) is 109 cm³/mol. The van der Waals surface area contributed by atoms with Crippen LogP contribution in [0.5, 0.6) is 0 Å². The molecule has 0 unspecified atom stereocenters. The molecule has 4 nitrogen and oxygen atoms in total. The van der Waals surface area contributed by atoms with E-state index in [0.29, 0.717) is 5.02 Å². The number of nitrogens with one attached hydrogen (secondary N) is 1. The molecule has 4 rings (SSSR count). The number of aromatic nitrogens is 1. The third-order valence-electron chi connectivity index (χ3n) is 4.72. The molecule has 1 saturated heterocycles. The van der Waals surface area contributed by atoms with Crippen molar-refractivity contribution < 1.29 is 0 Å². The summed E-state index contributed by atoms with van der Waals surface area (Å²) in [5.41, 5.74) is 7.65. The molecule has 26 heavy (non-hydrogen) atoms. The van der Waals surface area contributed by atoms with E-state index >= 15 is 0 Å². The van der Waals surface area contributed by atoms with Crippen molar-refractivity contribution in [2.45, 2.75) is 19.4 Å². The number of likely N-dealkylation sites (tertiary alicyclic amines) is 1. The van der Waals surface area contributed by atoms with E-state index in [1.165, 1.54) is 11.3 Å². The Morgan fingerprint density at radius 1 is 1.04 bits per heavy atom. The van der Waals surface area contributed by atoms with Crippen LogP contribution in [-0.2, 0) is 6.54 Å². The van der Waals surface area contributed by atoms with Gasteiger partial charge in [0, 0.05) is 54.8 Å². The van der Waals surface area contributed by atoms with Crippen LogP contribution in [0.2, 0.25) is 5.02 Å². The SMILES string of the molecule is Clc1ccc2c(NN=C3CCN(Cc4ccccc4)CC3)ccnc2c1. The van der Waals surface area contributed by atoms with E-state index in [1.54, 1.807) is 6.20 Å². The Morgan fingerprint density at radius 3 is 2.65 bits per heavy atom. The van der Waals surface area contributed by atoms with Crippen molar-refractivity contribution in [2.24, 2.45) is 5.10 Å². The van der Waals surface area contributed by atoms with Gasteiger partial charge in [0.2, 0.25) is 0 Å². The zero-order valence-corrected chi connectivity index (χ0v) is 15.3. The van der Waals surface area contributed by atoms with E-state index in [9.17, 15) is 0 Å². The Balaban J connectivity index is 1.39. The second-order valence-electron chi connectivity index (χ2n) is 6.57. The van der Waals surface area contributed by atoms with Gasteiger partial charge in [0.1, 0.15) is 0 Å². The number of rotatable bonds is 4. The molecule has 0 spiro atoms. The molecule has 1 N–H and O–H groups in total. The molecule has 3 aromatic rings. The highest BCUT2D eigenvalue weighted by molar-refractivity contribution is 6.31. The monoisotopic (exact) mass is 364 g/mol. The summed E-state index contributed by atoms with van der Waals surface area (Å²) < 4.78 is 0. The Kier molecular flexibility index (Phi) is 5.14. The van der Waals surface area contributed by atoms with Crippen molar-refractivity contribution in [3.8, 4) is 0 Å². The molecule has 1 fully saturated rings. The molecule has 1 aliphatic rings. The standard InChI is InChI=1S/C21H21ClN4/c22-17-6-7-19-20(8-11-23-21(19)14-17)25-24-18-9-12-26(13-10-18)15-16-4-2-1-3-5-16/h1-8,11,14H,9-10,12-13,15H2,(H,23,25). The number of hydrogen-bond acceptors (Lipinski definition) is 4. The summed E-state index contributed by atoms with van der Waals surface area (Å²) in [5, 5.41) is 6.37. The van der Waals surface area contributed by atoms with Gasteiger partial charge in [-0.25, -0.2) is 0 Å². The van der Waals surface area contributed by atoms with Crippen molar-refractivity contribution in [1.29, 1.82) is 0 Å². The zero-order valence-electron chi connectivity index (χ0n) is 14.5. The minimum atomic E-state index is 0.694. The summed E-state index contributed by atoms with van der Waals surface area (Å²) in [6.07, 6.45) is 3.77. The van der Waals surface area contributed by atoms with Crippen molar-refractivity contribution in [3.63, 3.8) is 0 Å². The smallest absolute Gasteiger partial charge is 0.0738 e. The first-order valence-electron chi connectivity index (χ1n) is 8.90. The van der Waals surface area contributed by atoms with Crippen LogP contribution in [0, 0.1) is 0 Å². The van der Waals surface area contributed by atoms with Crippen LogP contribution < -0.4 is 5.43 Å². The maximum absolute atomic E-state index is 6.05. The molecule has 1 aliphatic heterocycles. The van der Waals surface area contributed by atoms with Crippen LogP contribution in [0.4, 0.5) is 5.69 Å². The van der Waals surface area contributed by atoms with Crippen LogP contribution in [-0.4, -0.2) is 28.7 Å². The van der Waals surface area contributed by atoms with Crippen LogP contribution in [0.3, 0.4) is 0 Å². The Labute approximate surface area is 158 Å². The molecular formula is C21H21ClN4. The van der Waals surface area contributed by atoms with Gasteiger partial charge in [0.25, 0.3) is 0 Å². The fourth-order valence-electron chi connectivity index (χ4n) is 3.28. The molecule has 0 atom stereocenters. The van der Waals surface area contributed by atoms with Gasteiger partial charge >= 0.3 is 0 Å². The fourth-order valence-corrected chi connectivity index (χ4v) is 3.45. The summed E-state index contributed by atoms with van der Waals surface area (Å²) in [6, 6.07) is 18.3. The fraction of sp³-hybridized carbons (Fsp3) is 0.238. The van der Waals surface area contributed by atoms with Gasteiger partial charge in [-0.15, -0.1) is 0 Å². The second-order valence-corrected chi connectivity index (χ2v) is 7.01. The lowest BCUT2D eigenvalue weighted by Crippen LogP contribution is -2.33. The first-order chi connectivity index (χ1) is 12.8. The van der Waals surface area contributed by atoms with Gasteiger partial charge in [0.05, 0.1) is 11.2 Å². The molecule has 0 amide bonds. The summed E-state index contributed by atoms with van der Waals surface area (Å²) in [7, 11) is 0. The molecule has 0 aliphatic carbocycles.